The summed E-state index contributed by atoms with van der Waals surface area (Å²) in [6.07, 6.45) is 7.76. The minimum Gasteiger partial charge on any atom is -0.497 e. The maximum absolute atomic E-state index is 15.2. The van der Waals surface area contributed by atoms with Crippen molar-refractivity contribution in [2.45, 2.75) is 44.6 Å². The molecule has 1 aliphatic heterocycles. The van der Waals surface area contributed by atoms with Gasteiger partial charge in [0.2, 0.25) is 5.91 Å². The van der Waals surface area contributed by atoms with Crippen LogP contribution in [0.3, 0.4) is 0 Å². The maximum atomic E-state index is 15.2. The van der Waals surface area contributed by atoms with Crippen LogP contribution in [0.15, 0.2) is 54.1 Å². The van der Waals surface area contributed by atoms with Gasteiger partial charge in [-0.25, -0.2) is 4.39 Å². The van der Waals surface area contributed by atoms with Crippen LogP contribution in [-0.2, 0) is 11.2 Å². The number of hydrogen-bond donors (Lipinski definition) is 1. The number of carbonyl (C=O) groups excluding carboxylic acids is 1. The Labute approximate surface area is 181 Å². The van der Waals surface area contributed by atoms with Gasteiger partial charge in [-0.1, -0.05) is 29.8 Å². The number of ether oxygens (including phenoxy) is 1. The number of H-pyrrole nitrogens is 1. The molecule has 0 saturated carbocycles. The molecule has 4 nitrogen and oxygen atoms in total. The van der Waals surface area contributed by atoms with Crippen LogP contribution in [0.4, 0.5) is 4.39 Å². The summed E-state index contributed by atoms with van der Waals surface area (Å²) in [5.41, 5.74) is 4.84. The number of aromatic amines is 1. The van der Waals surface area contributed by atoms with Gasteiger partial charge in [0.05, 0.1) is 7.11 Å². The van der Waals surface area contributed by atoms with Gasteiger partial charge < -0.3 is 14.6 Å². The number of aromatic nitrogens is 1. The smallest absolute Gasteiger partial charge is 0.227 e. The number of para-hydroxylation sites is 1. The molecular weight excluding hydrogens is 391 g/mol. The minimum atomic E-state index is -0.473. The molecule has 31 heavy (non-hydrogen) atoms. The van der Waals surface area contributed by atoms with Gasteiger partial charge in [-0.3, -0.25) is 4.79 Å². The van der Waals surface area contributed by atoms with E-state index in [2.05, 4.69) is 17.1 Å². The van der Waals surface area contributed by atoms with Crippen LogP contribution in [0.25, 0.3) is 10.9 Å². The predicted molar refractivity (Wildman–Crippen MR) is 120 cm³/mol. The lowest BCUT2D eigenvalue weighted by molar-refractivity contribution is -0.132. The van der Waals surface area contributed by atoms with Crippen LogP contribution in [0.1, 0.15) is 55.0 Å². The molecule has 1 atom stereocenters. The highest BCUT2D eigenvalue weighted by Crippen LogP contribution is 2.40. The Morgan fingerprint density at radius 2 is 2.06 bits per heavy atom. The summed E-state index contributed by atoms with van der Waals surface area (Å²) in [6.45, 7) is 0.580. The van der Waals surface area contributed by atoms with Crippen molar-refractivity contribution in [3.8, 4) is 5.75 Å². The van der Waals surface area contributed by atoms with Crippen molar-refractivity contribution in [2.24, 2.45) is 0 Å². The summed E-state index contributed by atoms with van der Waals surface area (Å²) < 4.78 is 20.4. The van der Waals surface area contributed by atoms with Crippen molar-refractivity contribution in [2.75, 3.05) is 13.7 Å². The van der Waals surface area contributed by atoms with E-state index in [-0.39, 0.29) is 11.7 Å². The molecule has 0 fully saturated rings. The molecule has 2 heterocycles. The Bertz CT molecular complexity index is 1160. The molecule has 5 heteroatoms. The van der Waals surface area contributed by atoms with E-state index >= 15 is 4.39 Å². The third-order valence-electron chi connectivity index (χ3n) is 6.62. The highest BCUT2D eigenvalue weighted by atomic mass is 19.1. The van der Waals surface area contributed by atoms with Gasteiger partial charge in [0.25, 0.3) is 0 Å². The second-order valence-corrected chi connectivity index (χ2v) is 8.47. The standard InChI is InChI=1S/C26H27FN2O2/c1-31-18-11-12-21(22(27)16-18)26-25-20(19-9-5-6-10-23(19)28-25)13-14-29(26)24(30)15-17-7-3-2-4-8-17/h5-7,9-12,16,26,28H,2-4,8,13-15H2,1H3/t26-/m0/s1. The van der Waals surface area contributed by atoms with Gasteiger partial charge in [-0.15, -0.1) is 0 Å². The van der Waals surface area contributed by atoms with Gasteiger partial charge in [0, 0.05) is 41.2 Å². The Hall–Kier alpha value is -3.08. The number of carbonyl (C=O) groups is 1. The highest BCUT2D eigenvalue weighted by molar-refractivity contribution is 5.87. The highest BCUT2D eigenvalue weighted by Gasteiger charge is 2.36. The number of hydrogen-bond acceptors (Lipinski definition) is 2. The molecule has 5 rings (SSSR count). The molecule has 0 unspecified atom stereocenters. The Balaban J connectivity index is 1.59. The second kappa shape index (κ2) is 8.22. The summed E-state index contributed by atoms with van der Waals surface area (Å²) in [7, 11) is 1.53. The SMILES string of the molecule is COc1ccc([C@H]2c3[nH]c4ccccc4c3CCN2C(=O)CC2=CCCCC2)c(F)c1. The van der Waals surface area contributed by atoms with Gasteiger partial charge in [-0.2, -0.15) is 0 Å². The van der Waals surface area contributed by atoms with Crippen molar-refractivity contribution in [1.82, 2.24) is 9.88 Å². The summed E-state index contributed by atoms with van der Waals surface area (Å²) >= 11 is 0. The first-order valence-corrected chi connectivity index (χ1v) is 11.1. The van der Waals surface area contributed by atoms with Crippen molar-refractivity contribution in [3.63, 3.8) is 0 Å². The first kappa shape index (κ1) is 19.9. The van der Waals surface area contributed by atoms with E-state index in [1.807, 2.05) is 23.1 Å². The van der Waals surface area contributed by atoms with Crippen molar-refractivity contribution in [1.29, 1.82) is 0 Å². The Kier molecular flexibility index (Phi) is 5.26. The number of amides is 1. The molecule has 0 spiro atoms. The number of nitrogens with zero attached hydrogens (tertiary/aromatic N) is 1. The first-order valence-electron chi connectivity index (χ1n) is 11.1. The fraction of sp³-hybridized carbons (Fsp3) is 0.346. The number of methoxy groups -OCH3 is 1. The molecule has 2 aliphatic rings. The molecule has 1 N–H and O–H groups in total. The second-order valence-electron chi connectivity index (χ2n) is 8.47. The maximum Gasteiger partial charge on any atom is 0.227 e. The zero-order valence-corrected chi connectivity index (χ0v) is 17.8. The molecule has 0 saturated heterocycles. The largest absolute Gasteiger partial charge is 0.497 e. The van der Waals surface area contributed by atoms with Crippen molar-refractivity contribution < 1.29 is 13.9 Å². The normalized spacial score (nSPS) is 18.6. The van der Waals surface area contributed by atoms with Crippen LogP contribution in [0.5, 0.6) is 5.75 Å². The monoisotopic (exact) mass is 418 g/mol. The van der Waals surface area contributed by atoms with Crippen LogP contribution in [0.2, 0.25) is 0 Å². The van der Waals surface area contributed by atoms with E-state index in [0.717, 1.165) is 42.3 Å². The average Bonchev–Trinajstić information content (AvgIpc) is 3.18. The molecule has 0 bridgehead atoms. The van der Waals surface area contributed by atoms with Gasteiger partial charge in [-0.05, 0) is 55.9 Å². The number of benzene rings is 2. The number of fused-ring (bicyclic) bond motifs is 3. The number of allylic oxidation sites excluding steroid dienone is 1. The Morgan fingerprint density at radius 1 is 1.19 bits per heavy atom. The molecule has 1 amide bonds. The van der Waals surface area contributed by atoms with Crippen molar-refractivity contribution in [3.05, 3.63) is 76.8 Å². The van der Waals surface area contributed by atoms with Gasteiger partial charge in [0.15, 0.2) is 0 Å². The molecule has 1 aromatic heterocycles. The van der Waals surface area contributed by atoms with Crippen LogP contribution < -0.4 is 4.74 Å². The fourth-order valence-electron chi connectivity index (χ4n) is 5.05. The molecule has 160 valence electrons. The molecule has 1 aliphatic carbocycles. The van der Waals surface area contributed by atoms with Crippen LogP contribution in [-0.4, -0.2) is 29.4 Å². The Morgan fingerprint density at radius 3 is 2.84 bits per heavy atom. The van der Waals surface area contributed by atoms with E-state index in [4.69, 9.17) is 4.74 Å². The molecule has 2 aromatic carbocycles. The fourth-order valence-corrected chi connectivity index (χ4v) is 5.05. The zero-order valence-electron chi connectivity index (χ0n) is 17.8. The predicted octanol–water partition coefficient (Wildman–Crippen LogP) is 5.68. The number of halogens is 1. The molecular formula is C26H27FN2O2. The zero-order chi connectivity index (χ0) is 21.4. The summed E-state index contributed by atoms with van der Waals surface area (Å²) in [5.74, 6) is 0.183. The lowest BCUT2D eigenvalue weighted by Gasteiger charge is -2.37. The average molecular weight is 419 g/mol. The van der Waals surface area contributed by atoms with Gasteiger partial charge in [0.1, 0.15) is 17.6 Å². The topological polar surface area (TPSA) is 45.3 Å². The summed E-state index contributed by atoms with van der Waals surface area (Å²) in [6, 6.07) is 12.6. The third kappa shape index (κ3) is 3.62. The molecule has 3 aromatic rings. The quantitative estimate of drug-likeness (QED) is 0.554. The summed E-state index contributed by atoms with van der Waals surface area (Å²) in [5, 5.41) is 1.15. The van der Waals surface area contributed by atoms with Crippen LogP contribution in [0, 0.1) is 5.82 Å². The van der Waals surface area contributed by atoms with E-state index < -0.39 is 6.04 Å². The first-order chi connectivity index (χ1) is 15.2. The van der Waals surface area contributed by atoms with E-state index in [1.165, 1.54) is 30.7 Å². The third-order valence-corrected chi connectivity index (χ3v) is 6.62. The lowest BCUT2D eigenvalue weighted by atomic mass is 9.90. The van der Waals surface area contributed by atoms with E-state index in [1.54, 1.807) is 12.1 Å². The number of rotatable bonds is 4. The molecule has 0 radical (unpaired) electrons. The summed E-state index contributed by atoms with van der Waals surface area (Å²) in [4.78, 5) is 18.8. The van der Waals surface area contributed by atoms with Crippen molar-refractivity contribution >= 4 is 16.8 Å². The lowest BCUT2D eigenvalue weighted by Crippen LogP contribution is -2.41. The van der Waals surface area contributed by atoms with Gasteiger partial charge >= 0.3 is 0 Å². The number of nitrogens with one attached hydrogen (secondary N) is 1. The minimum absolute atomic E-state index is 0.0673. The van der Waals surface area contributed by atoms with E-state index in [9.17, 15) is 4.79 Å². The van der Waals surface area contributed by atoms with Crippen LogP contribution >= 0.6 is 0 Å². The van der Waals surface area contributed by atoms with E-state index in [0.29, 0.717) is 24.3 Å².